The number of halogens is 5. The van der Waals surface area contributed by atoms with Crippen molar-refractivity contribution in [1.82, 2.24) is 25.1 Å². The number of aromatic nitrogens is 4. The predicted octanol–water partition coefficient (Wildman–Crippen LogP) is 4.79. The highest BCUT2D eigenvalue weighted by Crippen LogP contribution is 2.42. The lowest BCUT2D eigenvalue weighted by molar-refractivity contribution is -0.144. The lowest BCUT2D eigenvalue weighted by Crippen LogP contribution is -2.31. The molecule has 37 heavy (non-hydrogen) atoms. The minimum Gasteiger partial charge on any atom is -0.364 e. The molecule has 1 aliphatic carbocycles. The fourth-order valence-corrected chi connectivity index (χ4v) is 4.68. The number of carbonyl (C=O) groups is 2. The van der Waals surface area contributed by atoms with Crippen molar-refractivity contribution in [3.8, 4) is 0 Å². The molecular formula is C24H27F5N6O2. The van der Waals surface area contributed by atoms with Gasteiger partial charge in [-0.15, -0.1) is 0 Å². The van der Waals surface area contributed by atoms with Gasteiger partial charge in [-0.2, -0.15) is 18.3 Å². The molecule has 3 aromatic rings. The van der Waals surface area contributed by atoms with Crippen LogP contribution in [0.5, 0.6) is 0 Å². The summed E-state index contributed by atoms with van der Waals surface area (Å²) in [7, 11) is 0. The number of hydrogen-bond acceptors (Lipinski definition) is 4. The summed E-state index contributed by atoms with van der Waals surface area (Å²) in [6.07, 6.45) is -4.79. The van der Waals surface area contributed by atoms with Crippen molar-refractivity contribution in [2.24, 2.45) is 11.7 Å². The summed E-state index contributed by atoms with van der Waals surface area (Å²) >= 11 is 0. The molecule has 0 spiro atoms. The molecule has 8 nitrogen and oxygen atoms in total. The summed E-state index contributed by atoms with van der Waals surface area (Å²) < 4.78 is 66.4. The second-order valence-electron chi connectivity index (χ2n) is 9.49. The van der Waals surface area contributed by atoms with Gasteiger partial charge in [0, 0.05) is 25.5 Å². The molecule has 0 radical (unpaired) electrons. The number of nitrogens with two attached hydrogens (primary N) is 1. The van der Waals surface area contributed by atoms with Crippen molar-refractivity contribution in [3.63, 3.8) is 0 Å². The predicted molar refractivity (Wildman–Crippen MR) is 124 cm³/mol. The first-order chi connectivity index (χ1) is 17.3. The van der Waals surface area contributed by atoms with Crippen LogP contribution in [-0.4, -0.2) is 43.7 Å². The van der Waals surface area contributed by atoms with E-state index < -0.39 is 48.8 Å². The van der Waals surface area contributed by atoms with Gasteiger partial charge in [-0.05, 0) is 49.4 Å². The number of amides is 2. The number of H-pyrrole nitrogens is 1. The summed E-state index contributed by atoms with van der Waals surface area (Å²) in [5, 5.41) is 6.81. The van der Waals surface area contributed by atoms with Gasteiger partial charge in [-0.1, -0.05) is 6.07 Å². The van der Waals surface area contributed by atoms with E-state index in [-0.39, 0.29) is 37.3 Å². The fourth-order valence-electron chi connectivity index (χ4n) is 4.68. The van der Waals surface area contributed by atoms with Gasteiger partial charge in [0.15, 0.2) is 0 Å². The number of hydrogen-bond donors (Lipinski definition) is 3. The van der Waals surface area contributed by atoms with Gasteiger partial charge in [0.1, 0.15) is 17.6 Å². The van der Waals surface area contributed by atoms with Crippen LogP contribution in [0.4, 0.5) is 22.0 Å². The van der Waals surface area contributed by atoms with E-state index in [4.69, 9.17) is 5.73 Å². The Kier molecular flexibility index (Phi) is 7.24. The van der Waals surface area contributed by atoms with E-state index in [1.807, 2.05) is 0 Å². The van der Waals surface area contributed by atoms with Gasteiger partial charge in [-0.25, -0.2) is 13.8 Å². The summed E-state index contributed by atoms with van der Waals surface area (Å²) in [6, 6.07) is 5.47. The molecule has 0 unspecified atom stereocenters. The fraction of sp³-hybridized carbons (Fsp3) is 0.500. The Labute approximate surface area is 208 Å². The number of primary amides is 1. The molecular weight excluding hydrogens is 499 g/mol. The molecule has 0 aliphatic heterocycles. The van der Waals surface area contributed by atoms with E-state index in [0.717, 1.165) is 0 Å². The molecule has 0 bridgehead atoms. The lowest BCUT2D eigenvalue weighted by Gasteiger charge is -2.33. The van der Waals surface area contributed by atoms with E-state index in [0.29, 0.717) is 22.4 Å². The van der Waals surface area contributed by atoms with Crippen molar-refractivity contribution in [3.05, 3.63) is 47.5 Å². The summed E-state index contributed by atoms with van der Waals surface area (Å²) in [6.45, 7) is 1.66. The van der Waals surface area contributed by atoms with Gasteiger partial charge >= 0.3 is 6.18 Å². The molecule has 1 saturated carbocycles. The van der Waals surface area contributed by atoms with Crippen LogP contribution in [0.25, 0.3) is 11.0 Å². The number of imidazole rings is 1. The third kappa shape index (κ3) is 6.44. The maximum Gasteiger partial charge on any atom is 0.389 e. The van der Waals surface area contributed by atoms with Gasteiger partial charge in [0.2, 0.25) is 11.8 Å². The van der Waals surface area contributed by atoms with Crippen molar-refractivity contribution in [2.75, 3.05) is 0 Å². The van der Waals surface area contributed by atoms with Crippen LogP contribution < -0.4 is 11.1 Å². The number of rotatable bonds is 8. The highest BCUT2D eigenvalue weighted by molar-refractivity contribution is 5.90. The number of carbonyl (C=O) groups excluding carboxylic acids is 2. The third-order valence-electron chi connectivity index (χ3n) is 6.67. The first-order valence-electron chi connectivity index (χ1n) is 11.9. The second-order valence-corrected chi connectivity index (χ2v) is 9.49. The van der Waals surface area contributed by atoms with Crippen LogP contribution in [0, 0.1) is 5.92 Å². The Morgan fingerprint density at radius 3 is 2.57 bits per heavy atom. The van der Waals surface area contributed by atoms with Gasteiger partial charge < -0.3 is 16.0 Å². The third-order valence-corrected chi connectivity index (χ3v) is 6.67. The van der Waals surface area contributed by atoms with Crippen LogP contribution in [-0.2, 0) is 4.79 Å². The topological polar surface area (TPSA) is 119 Å². The molecule has 1 aliphatic rings. The monoisotopic (exact) mass is 526 g/mol. The van der Waals surface area contributed by atoms with Crippen LogP contribution in [0.3, 0.4) is 0 Å². The van der Waals surface area contributed by atoms with Crippen LogP contribution >= 0.6 is 0 Å². The van der Waals surface area contributed by atoms with Crippen LogP contribution in [0.1, 0.15) is 79.4 Å². The lowest BCUT2D eigenvalue weighted by atomic mass is 9.82. The number of fused-ring (bicyclic) bond motifs is 1. The summed E-state index contributed by atoms with van der Waals surface area (Å²) in [5.74, 6) is -3.93. The molecule has 200 valence electrons. The van der Waals surface area contributed by atoms with E-state index in [1.165, 1.54) is 10.7 Å². The van der Waals surface area contributed by atoms with E-state index in [1.54, 1.807) is 31.3 Å². The van der Waals surface area contributed by atoms with Crippen molar-refractivity contribution < 1.29 is 31.5 Å². The first-order valence-corrected chi connectivity index (χ1v) is 11.9. The summed E-state index contributed by atoms with van der Waals surface area (Å²) in [5.41, 5.74) is 7.19. The molecule has 2 aromatic heterocycles. The minimum absolute atomic E-state index is 0.0413. The molecule has 2 amide bonds. The van der Waals surface area contributed by atoms with E-state index in [9.17, 15) is 31.5 Å². The van der Waals surface area contributed by atoms with Gasteiger partial charge in [0.25, 0.3) is 5.91 Å². The Hall–Kier alpha value is -3.51. The maximum absolute atomic E-state index is 13.8. The standard InChI is InChI=1S/C24H27F5N6O2/c1-13(31-19(36)6-10-24(27,28)29)15-2-3-16-18(12-15)33-22(32-16)20(14-4-8-23(25,26)9-5-14)35-11-7-17(34-35)21(30)37/h2-3,7,11-14,20H,4-6,8-10H2,1H3,(H2,30,37)(H,31,36)(H,32,33)/t13-,20+/m1/s1. The Morgan fingerprint density at radius 2 is 1.95 bits per heavy atom. The van der Waals surface area contributed by atoms with Crippen LogP contribution in [0.15, 0.2) is 30.5 Å². The van der Waals surface area contributed by atoms with Gasteiger partial charge in [0.05, 0.1) is 23.5 Å². The molecule has 1 fully saturated rings. The average molecular weight is 527 g/mol. The molecule has 0 saturated heterocycles. The number of nitrogens with zero attached hydrogens (tertiary/aromatic N) is 3. The Morgan fingerprint density at radius 1 is 1.24 bits per heavy atom. The minimum atomic E-state index is -4.41. The molecule has 2 heterocycles. The average Bonchev–Trinajstić information content (AvgIpc) is 3.45. The molecule has 13 heteroatoms. The summed E-state index contributed by atoms with van der Waals surface area (Å²) in [4.78, 5) is 31.4. The SMILES string of the molecule is C[C@@H](NC(=O)CCC(F)(F)F)c1ccc2nc([C@H](C3CCC(F)(F)CC3)n3ccc(C(N)=O)n3)[nH]c2c1. The zero-order chi connectivity index (χ0) is 27.0. The highest BCUT2D eigenvalue weighted by atomic mass is 19.4. The number of aromatic amines is 1. The zero-order valence-corrected chi connectivity index (χ0v) is 20.0. The van der Waals surface area contributed by atoms with Crippen LogP contribution in [0.2, 0.25) is 0 Å². The van der Waals surface area contributed by atoms with Gasteiger partial charge in [-0.3, -0.25) is 14.3 Å². The Bertz CT molecular complexity index is 1270. The van der Waals surface area contributed by atoms with Crippen molar-refractivity contribution >= 4 is 22.8 Å². The molecule has 4 N–H and O–H groups in total. The first kappa shape index (κ1) is 26.6. The number of benzene rings is 1. The second kappa shape index (κ2) is 10.1. The zero-order valence-electron chi connectivity index (χ0n) is 20.0. The number of nitrogens with one attached hydrogen (secondary N) is 2. The smallest absolute Gasteiger partial charge is 0.364 e. The van der Waals surface area contributed by atoms with Crippen molar-refractivity contribution in [2.45, 2.75) is 69.6 Å². The maximum atomic E-state index is 13.8. The molecule has 2 atom stereocenters. The van der Waals surface area contributed by atoms with Crippen molar-refractivity contribution in [1.29, 1.82) is 0 Å². The Balaban J connectivity index is 1.59. The quantitative estimate of drug-likeness (QED) is 0.366. The molecule has 4 rings (SSSR count). The molecule has 1 aromatic carbocycles. The largest absolute Gasteiger partial charge is 0.389 e. The highest BCUT2D eigenvalue weighted by Gasteiger charge is 2.40. The normalized spacial score (nSPS) is 18.0. The number of alkyl halides is 5. The van der Waals surface area contributed by atoms with E-state index in [2.05, 4.69) is 20.4 Å². The van der Waals surface area contributed by atoms with E-state index >= 15 is 0 Å².